The highest BCUT2D eigenvalue weighted by Gasteiger charge is 2.13. The maximum atomic E-state index is 9.95. The fourth-order valence-corrected chi connectivity index (χ4v) is 2.10. The first-order valence-electron chi connectivity index (χ1n) is 4.87. The zero-order chi connectivity index (χ0) is 10.9. The molecule has 0 fully saturated rings. The molecule has 0 aliphatic carbocycles. The molecule has 0 bridgehead atoms. The number of hydrogen-bond acceptors (Lipinski definition) is 1. The van der Waals surface area contributed by atoms with Gasteiger partial charge in [0.2, 0.25) is 0 Å². The largest absolute Gasteiger partial charge is 0.507 e. The van der Waals surface area contributed by atoms with Gasteiger partial charge in [0.15, 0.2) is 0 Å². The number of halogens is 1. The van der Waals surface area contributed by atoms with Gasteiger partial charge in [-0.3, -0.25) is 0 Å². The van der Waals surface area contributed by atoms with Gasteiger partial charge in [-0.2, -0.15) is 0 Å². The van der Waals surface area contributed by atoms with Crippen LogP contribution in [0.25, 0.3) is 0 Å². The van der Waals surface area contributed by atoms with Crippen LogP contribution < -0.4 is 0 Å². The summed E-state index contributed by atoms with van der Waals surface area (Å²) < 4.78 is 0. The molecule has 0 heterocycles. The Bertz CT molecular complexity index is 343. The van der Waals surface area contributed by atoms with Crippen molar-refractivity contribution in [1.29, 1.82) is 0 Å². The van der Waals surface area contributed by atoms with Gasteiger partial charge in [0.1, 0.15) is 5.75 Å². The van der Waals surface area contributed by atoms with Crippen LogP contribution in [0.3, 0.4) is 0 Å². The van der Waals surface area contributed by atoms with E-state index in [1.807, 2.05) is 19.9 Å². The number of phenols is 1. The van der Waals surface area contributed by atoms with Crippen LogP contribution in [-0.4, -0.2) is 5.11 Å². The molecule has 0 saturated carbocycles. The Morgan fingerprint density at radius 2 is 1.93 bits per heavy atom. The first kappa shape index (κ1) is 11.4. The van der Waals surface area contributed by atoms with Gasteiger partial charge in [0, 0.05) is 5.88 Å². The summed E-state index contributed by atoms with van der Waals surface area (Å²) in [7, 11) is 0. The Balaban J connectivity index is 3.40. The molecule has 0 amide bonds. The number of benzene rings is 1. The van der Waals surface area contributed by atoms with E-state index in [1.165, 1.54) is 5.56 Å². The molecule has 1 aromatic rings. The predicted octanol–water partition coefficient (Wildman–Crippen LogP) is 3.87. The molecule has 1 nitrogen and oxygen atoms in total. The zero-order valence-electron chi connectivity index (χ0n) is 9.19. The second-order valence-corrected chi connectivity index (χ2v) is 4.29. The summed E-state index contributed by atoms with van der Waals surface area (Å²) in [5.41, 5.74) is 4.14. The predicted molar refractivity (Wildman–Crippen MR) is 61.2 cm³/mol. The SMILES string of the molecule is Cc1cc(C(C)C)c(O)c(C)c1CCl. The van der Waals surface area contributed by atoms with Crippen molar-refractivity contribution in [1.82, 2.24) is 0 Å². The van der Waals surface area contributed by atoms with E-state index in [9.17, 15) is 5.11 Å². The summed E-state index contributed by atoms with van der Waals surface area (Å²) >= 11 is 5.83. The van der Waals surface area contributed by atoms with Crippen molar-refractivity contribution in [2.75, 3.05) is 0 Å². The first-order chi connectivity index (χ1) is 6.49. The monoisotopic (exact) mass is 212 g/mol. The van der Waals surface area contributed by atoms with Crippen LogP contribution in [0.4, 0.5) is 0 Å². The van der Waals surface area contributed by atoms with Gasteiger partial charge in [-0.05, 0) is 42.0 Å². The third-order valence-corrected chi connectivity index (χ3v) is 2.95. The van der Waals surface area contributed by atoms with Gasteiger partial charge in [-0.25, -0.2) is 0 Å². The van der Waals surface area contributed by atoms with E-state index in [4.69, 9.17) is 11.6 Å². The molecule has 0 aromatic heterocycles. The lowest BCUT2D eigenvalue weighted by atomic mass is 9.93. The highest BCUT2D eigenvalue weighted by atomic mass is 35.5. The minimum atomic E-state index is 0.344. The van der Waals surface area contributed by atoms with Crippen LogP contribution in [0, 0.1) is 13.8 Å². The Kier molecular flexibility index (Phi) is 3.43. The Morgan fingerprint density at radius 3 is 2.36 bits per heavy atom. The lowest BCUT2D eigenvalue weighted by molar-refractivity contribution is 0.459. The molecule has 14 heavy (non-hydrogen) atoms. The van der Waals surface area contributed by atoms with Crippen molar-refractivity contribution >= 4 is 11.6 Å². The molecule has 0 aliphatic heterocycles. The topological polar surface area (TPSA) is 20.2 Å². The van der Waals surface area contributed by atoms with E-state index < -0.39 is 0 Å². The molecule has 2 heteroatoms. The van der Waals surface area contributed by atoms with Gasteiger partial charge in [-0.1, -0.05) is 19.9 Å². The first-order valence-corrected chi connectivity index (χ1v) is 5.40. The average Bonchev–Trinajstić information content (AvgIpc) is 2.12. The second kappa shape index (κ2) is 4.22. The van der Waals surface area contributed by atoms with Gasteiger partial charge in [0.25, 0.3) is 0 Å². The van der Waals surface area contributed by atoms with E-state index in [-0.39, 0.29) is 0 Å². The molecular weight excluding hydrogens is 196 g/mol. The van der Waals surface area contributed by atoms with Gasteiger partial charge in [0.05, 0.1) is 0 Å². The van der Waals surface area contributed by atoms with Crippen molar-refractivity contribution in [2.24, 2.45) is 0 Å². The van der Waals surface area contributed by atoms with Gasteiger partial charge in [-0.15, -0.1) is 11.6 Å². The van der Waals surface area contributed by atoms with Crippen molar-refractivity contribution in [3.05, 3.63) is 28.3 Å². The highest BCUT2D eigenvalue weighted by molar-refractivity contribution is 6.17. The highest BCUT2D eigenvalue weighted by Crippen LogP contribution is 2.33. The molecule has 0 spiro atoms. The quantitative estimate of drug-likeness (QED) is 0.738. The third-order valence-electron chi connectivity index (χ3n) is 2.68. The maximum absolute atomic E-state index is 9.95. The van der Waals surface area contributed by atoms with Crippen LogP contribution in [0.5, 0.6) is 5.75 Å². The average molecular weight is 213 g/mol. The van der Waals surface area contributed by atoms with Crippen molar-refractivity contribution < 1.29 is 5.11 Å². The van der Waals surface area contributed by atoms with Crippen molar-refractivity contribution in [3.8, 4) is 5.75 Å². The molecule has 1 rings (SSSR count). The lowest BCUT2D eigenvalue weighted by Gasteiger charge is -2.15. The van der Waals surface area contributed by atoms with E-state index in [0.29, 0.717) is 17.5 Å². The molecular formula is C12H17ClO. The van der Waals surface area contributed by atoms with Crippen molar-refractivity contribution in [3.63, 3.8) is 0 Å². The summed E-state index contributed by atoms with van der Waals surface area (Å²) in [6.45, 7) is 8.12. The molecule has 1 N–H and O–H groups in total. The Hall–Kier alpha value is -0.690. The van der Waals surface area contributed by atoms with Gasteiger partial charge < -0.3 is 5.11 Å². The van der Waals surface area contributed by atoms with E-state index in [0.717, 1.165) is 16.7 Å². The Labute approximate surface area is 90.7 Å². The smallest absolute Gasteiger partial charge is 0.122 e. The molecule has 0 atom stereocenters. The van der Waals surface area contributed by atoms with E-state index in [1.54, 1.807) is 0 Å². The summed E-state index contributed by atoms with van der Waals surface area (Å²) in [5, 5.41) is 9.95. The van der Waals surface area contributed by atoms with Crippen LogP contribution in [0.15, 0.2) is 6.07 Å². The summed E-state index contributed by atoms with van der Waals surface area (Å²) in [6, 6.07) is 2.03. The fraction of sp³-hybridized carbons (Fsp3) is 0.500. The molecule has 0 aliphatic rings. The summed E-state index contributed by atoms with van der Waals surface area (Å²) in [6.07, 6.45) is 0. The van der Waals surface area contributed by atoms with Crippen LogP contribution in [0.1, 0.15) is 42.0 Å². The summed E-state index contributed by atoms with van der Waals surface area (Å²) in [4.78, 5) is 0. The zero-order valence-corrected chi connectivity index (χ0v) is 9.94. The Morgan fingerprint density at radius 1 is 1.36 bits per heavy atom. The second-order valence-electron chi connectivity index (χ2n) is 4.02. The molecule has 0 saturated heterocycles. The van der Waals surface area contributed by atoms with E-state index in [2.05, 4.69) is 13.8 Å². The number of aromatic hydroxyl groups is 1. The van der Waals surface area contributed by atoms with Gasteiger partial charge >= 0.3 is 0 Å². The minimum Gasteiger partial charge on any atom is -0.507 e. The lowest BCUT2D eigenvalue weighted by Crippen LogP contribution is -1.97. The van der Waals surface area contributed by atoms with Crippen LogP contribution >= 0.6 is 11.6 Å². The molecule has 1 aromatic carbocycles. The standard InChI is InChI=1S/C12H17ClO/c1-7(2)10-5-8(3)11(6-13)9(4)12(10)14/h5,7,14H,6H2,1-4H3. The van der Waals surface area contributed by atoms with Crippen LogP contribution in [0.2, 0.25) is 0 Å². The van der Waals surface area contributed by atoms with Crippen LogP contribution in [-0.2, 0) is 5.88 Å². The maximum Gasteiger partial charge on any atom is 0.122 e. The number of hydrogen-bond donors (Lipinski definition) is 1. The van der Waals surface area contributed by atoms with Crippen molar-refractivity contribution in [2.45, 2.75) is 39.5 Å². The van der Waals surface area contributed by atoms with E-state index >= 15 is 0 Å². The summed E-state index contributed by atoms with van der Waals surface area (Å²) in [5.74, 6) is 1.21. The third kappa shape index (κ3) is 1.88. The molecule has 0 radical (unpaired) electrons. The number of aryl methyl sites for hydroxylation is 1. The number of phenolic OH excluding ortho intramolecular Hbond substituents is 1. The fourth-order valence-electron chi connectivity index (χ4n) is 1.69. The normalized spacial score (nSPS) is 11.0. The number of alkyl halides is 1. The molecule has 0 unspecified atom stereocenters. The molecule has 78 valence electrons. The number of rotatable bonds is 2. The minimum absolute atomic E-state index is 0.344.